The van der Waals surface area contributed by atoms with E-state index in [1.165, 1.54) is 6.20 Å². The molecule has 0 atom stereocenters. The minimum atomic E-state index is -3.74. The predicted octanol–water partition coefficient (Wildman–Crippen LogP) is 4.51. The monoisotopic (exact) mass is 439 g/mol. The Bertz CT molecular complexity index is 1150. The Labute approximate surface area is 182 Å². The van der Waals surface area contributed by atoms with Gasteiger partial charge in [-0.1, -0.05) is 37.1 Å². The van der Waals surface area contributed by atoms with Crippen LogP contribution < -0.4 is 14.8 Å². The summed E-state index contributed by atoms with van der Waals surface area (Å²) in [6.45, 7) is 4.51. The van der Waals surface area contributed by atoms with Gasteiger partial charge in [0.25, 0.3) is 15.9 Å². The number of carbonyl (C=O) groups is 1. The Hall–Kier alpha value is -3.39. The standard InChI is InChI=1S/C23H25N3O4S/c1-3-4-14-24-22(27)21-9-6-15-25-23(21)30-19-8-5-7-18(16-19)26-31(28,29)20-12-10-17(2)11-13-20/h5-13,15-16,26H,3-4,14H2,1-2H3,(H,24,27). The Morgan fingerprint density at radius 3 is 2.58 bits per heavy atom. The second-order valence-corrected chi connectivity index (χ2v) is 8.70. The van der Waals surface area contributed by atoms with Crippen molar-refractivity contribution >= 4 is 21.6 Å². The molecule has 31 heavy (non-hydrogen) atoms. The minimum Gasteiger partial charge on any atom is -0.438 e. The summed E-state index contributed by atoms with van der Waals surface area (Å²) in [6, 6.07) is 16.4. The molecular weight excluding hydrogens is 414 g/mol. The quantitative estimate of drug-likeness (QED) is 0.478. The summed E-state index contributed by atoms with van der Waals surface area (Å²) < 4.78 is 33.6. The van der Waals surface area contributed by atoms with Crippen LogP contribution in [0.5, 0.6) is 11.6 Å². The lowest BCUT2D eigenvalue weighted by Crippen LogP contribution is -2.24. The van der Waals surface area contributed by atoms with Crippen LogP contribution in [0.3, 0.4) is 0 Å². The molecule has 3 rings (SSSR count). The number of rotatable bonds is 9. The van der Waals surface area contributed by atoms with Crippen LogP contribution in [0.15, 0.2) is 71.8 Å². The lowest BCUT2D eigenvalue weighted by atomic mass is 10.2. The molecular formula is C23H25N3O4S. The van der Waals surface area contributed by atoms with Crippen molar-refractivity contribution in [2.45, 2.75) is 31.6 Å². The second kappa shape index (κ2) is 10.1. The minimum absolute atomic E-state index is 0.148. The zero-order valence-corrected chi connectivity index (χ0v) is 18.3. The number of aryl methyl sites for hydroxylation is 1. The summed E-state index contributed by atoms with van der Waals surface area (Å²) in [5.41, 5.74) is 1.62. The first-order valence-electron chi connectivity index (χ1n) is 9.99. The highest BCUT2D eigenvalue weighted by atomic mass is 32.2. The number of nitrogens with one attached hydrogen (secondary N) is 2. The van der Waals surface area contributed by atoms with E-state index in [-0.39, 0.29) is 16.7 Å². The van der Waals surface area contributed by atoms with Crippen molar-refractivity contribution in [1.29, 1.82) is 0 Å². The maximum absolute atomic E-state index is 12.6. The molecule has 1 heterocycles. The van der Waals surface area contributed by atoms with E-state index < -0.39 is 10.0 Å². The number of nitrogens with zero attached hydrogens (tertiary/aromatic N) is 1. The van der Waals surface area contributed by atoms with Gasteiger partial charge in [0.15, 0.2) is 0 Å². The lowest BCUT2D eigenvalue weighted by Gasteiger charge is -2.12. The van der Waals surface area contributed by atoms with Gasteiger partial charge >= 0.3 is 0 Å². The zero-order chi connectivity index (χ0) is 22.3. The van der Waals surface area contributed by atoms with E-state index in [1.807, 2.05) is 13.8 Å². The van der Waals surface area contributed by atoms with Gasteiger partial charge in [0.2, 0.25) is 5.88 Å². The topological polar surface area (TPSA) is 97.4 Å². The van der Waals surface area contributed by atoms with Crippen molar-refractivity contribution in [2.75, 3.05) is 11.3 Å². The van der Waals surface area contributed by atoms with Crippen LogP contribution in [0.1, 0.15) is 35.7 Å². The van der Waals surface area contributed by atoms with Gasteiger partial charge < -0.3 is 10.1 Å². The third kappa shape index (κ3) is 6.05. The smallest absolute Gasteiger partial charge is 0.261 e. The molecule has 2 aromatic carbocycles. The Morgan fingerprint density at radius 1 is 1.06 bits per heavy atom. The van der Waals surface area contributed by atoms with Gasteiger partial charge in [0.05, 0.1) is 10.6 Å². The molecule has 0 radical (unpaired) electrons. The molecule has 2 N–H and O–H groups in total. The van der Waals surface area contributed by atoms with Gasteiger partial charge in [-0.3, -0.25) is 9.52 Å². The molecule has 0 unspecified atom stereocenters. The molecule has 7 nitrogen and oxygen atoms in total. The van der Waals surface area contributed by atoms with Crippen LogP contribution in [0, 0.1) is 6.92 Å². The molecule has 1 amide bonds. The van der Waals surface area contributed by atoms with Crippen LogP contribution in [-0.4, -0.2) is 25.9 Å². The number of hydrogen-bond donors (Lipinski definition) is 2. The van der Waals surface area contributed by atoms with Gasteiger partial charge in [-0.2, -0.15) is 0 Å². The summed E-state index contributed by atoms with van der Waals surface area (Å²) in [4.78, 5) is 16.8. The fourth-order valence-corrected chi connectivity index (χ4v) is 3.83. The van der Waals surface area contributed by atoms with Gasteiger partial charge in [-0.25, -0.2) is 13.4 Å². The number of unbranched alkanes of at least 4 members (excludes halogenated alkanes) is 1. The summed E-state index contributed by atoms with van der Waals surface area (Å²) in [7, 11) is -3.74. The molecule has 0 saturated carbocycles. The molecule has 0 bridgehead atoms. The van der Waals surface area contributed by atoms with Crippen molar-refractivity contribution in [2.24, 2.45) is 0 Å². The molecule has 0 spiro atoms. The van der Waals surface area contributed by atoms with E-state index in [1.54, 1.807) is 60.7 Å². The second-order valence-electron chi connectivity index (χ2n) is 7.01. The maximum atomic E-state index is 12.6. The number of anilines is 1. The highest BCUT2D eigenvalue weighted by Crippen LogP contribution is 2.26. The first-order chi connectivity index (χ1) is 14.9. The largest absolute Gasteiger partial charge is 0.438 e. The molecule has 0 fully saturated rings. The van der Waals surface area contributed by atoms with Crippen molar-refractivity contribution in [3.63, 3.8) is 0 Å². The summed E-state index contributed by atoms with van der Waals surface area (Å²) in [5, 5.41) is 2.84. The van der Waals surface area contributed by atoms with Crippen molar-refractivity contribution < 1.29 is 17.9 Å². The average molecular weight is 440 g/mol. The maximum Gasteiger partial charge on any atom is 0.261 e. The SMILES string of the molecule is CCCCNC(=O)c1cccnc1Oc1cccc(NS(=O)(=O)c2ccc(C)cc2)c1. The predicted molar refractivity (Wildman–Crippen MR) is 120 cm³/mol. The van der Waals surface area contributed by atoms with Crippen LogP contribution in [-0.2, 0) is 10.0 Å². The van der Waals surface area contributed by atoms with Crippen LogP contribution >= 0.6 is 0 Å². The van der Waals surface area contributed by atoms with E-state index in [9.17, 15) is 13.2 Å². The number of hydrogen-bond acceptors (Lipinski definition) is 5. The van der Waals surface area contributed by atoms with Crippen molar-refractivity contribution in [1.82, 2.24) is 10.3 Å². The van der Waals surface area contributed by atoms with Gasteiger partial charge in [0, 0.05) is 18.8 Å². The van der Waals surface area contributed by atoms with E-state index in [2.05, 4.69) is 15.0 Å². The number of pyridine rings is 1. The molecule has 8 heteroatoms. The number of aromatic nitrogens is 1. The Kier molecular flexibility index (Phi) is 7.25. The molecule has 0 saturated heterocycles. The van der Waals surface area contributed by atoms with Gasteiger partial charge in [0.1, 0.15) is 11.3 Å². The molecule has 3 aromatic rings. The summed E-state index contributed by atoms with van der Waals surface area (Å²) in [6.07, 6.45) is 3.38. The number of ether oxygens (including phenoxy) is 1. The Morgan fingerprint density at radius 2 is 1.84 bits per heavy atom. The van der Waals surface area contributed by atoms with Crippen molar-refractivity contribution in [3.8, 4) is 11.6 Å². The van der Waals surface area contributed by atoms with E-state index in [4.69, 9.17) is 4.74 Å². The first-order valence-corrected chi connectivity index (χ1v) is 11.5. The highest BCUT2D eigenvalue weighted by molar-refractivity contribution is 7.92. The fourth-order valence-electron chi connectivity index (χ4n) is 2.79. The van der Waals surface area contributed by atoms with E-state index in [0.29, 0.717) is 23.5 Å². The summed E-state index contributed by atoms with van der Waals surface area (Å²) in [5.74, 6) is 0.230. The molecule has 0 aliphatic heterocycles. The van der Waals surface area contributed by atoms with Gasteiger partial charge in [-0.05, 0) is 49.7 Å². The summed E-state index contributed by atoms with van der Waals surface area (Å²) >= 11 is 0. The highest BCUT2D eigenvalue weighted by Gasteiger charge is 2.16. The molecule has 0 aliphatic carbocycles. The lowest BCUT2D eigenvalue weighted by molar-refractivity contribution is 0.0950. The zero-order valence-electron chi connectivity index (χ0n) is 17.5. The number of amides is 1. The Balaban J connectivity index is 1.77. The van der Waals surface area contributed by atoms with Crippen LogP contribution in [0.2, 0.25) is 0 Å². The number of carbonyl (C=O) groups excluding carboxylic acids is 1. The van der Waals surface area contributed by atoms with Gasteiger partial charge in [-0.15, -0.1) is 0 Å². The van der Waals surface area contributed by atoms with Crippen molar-refractivity contribution in [3.05, 3.63) is 78.0 Å². The first kappa shape index (κ1) is 22.3. The average Bonchev–Trinajstić information content (AvgIpc) is 2.74. The van der Waals surface area contributed by atoms with Crippen LogP contribution in [0.4, 0.5) is 5.69 Å². The molecule has 162 valence electrons. The van der Waals surface area contributed by atoms with E-state index in [0.717, 1.165) is 18.4 Å². The number of sulfonamides is 1. The fraction of sp³-hybridized carbons (Fsp3) is 0.217. The normalized spacial score (nSPS) is 11.0. The molecule has 0 aliphatic rings. The molecule has 1 aromatic heterocycles. The number of benzene rings is 2. The third-order valence-electron chi connectivity index (χ3n) is 4.46. The third-order valence-corrected chi connectivity index (χ3v) is 5.86. The van der Waals surface area contributed by atoms with Crippen LogP contribution in [0.25, 0.3) is 0 Å². The van der Waals surface area contributed by atoms with E-state index >= 15 is 0 Å².